The van der Waals surface area contributed by atoms with E-state index in [2.05, 4.69) is 4.98 Å². The molecule has 0 aliphatic carbocycles. The van der Waals surface area contributed by atoms with Crippen molar-refractivity contribution in [1.29, 1.82) is 0 Å². The van der Waals surface area contributed by atoms with Crippen molar-refractivity contribution in [2.75, 3.05) is 0 Å². The Kier molecular flexibility index (Phi) is 5.47. The zero-order valence-electron chi connectivity index (χ0n) is 15.6. The van der Waals surface area contributed by atoms with E-state index in [-0.39, 0.29) is 26.2 Å². The highest BCUT2D eigenvalue weighted by atomic mass is 35.5. The van der Waals surface area contributed by atoms with Gasteiger partial charge in [0.15, 0.2) is 4.96 Å². The van der Waals surface area contributed by atoms with Crippen LogP contribution >= 0.6 is 34.5 Å². The van der Waals surface area contributed by atoms with E-state index < -0.39 is 11.5 Å². The molecule has 0 amide bonds. The topological polar surface area (TPSA) is 71.7 Å². The first kappa shape index (κ1) is 20.3. The van der Waals surface area contributed by atoms with E-state index >= 15 is 0 Å². The molecule has 150 valence electrons. The number of thiazole rings is 1. The largest absolute Gasteiger partial charge is 0.477 e. The third kappa shape index (κ3) is 3.65. The van der Waals surface area contributed by atoms with Gasteiger partial charge in [-0.3, -0.25) is 4.79 Å². The predicted octanol–water partition coefficient (Wildman–Crippen LogP) is 5.91. The van der Waals surface area contributed by atoms with Crippen LogP contribution in [0.4, 0.5) is 0 Å². The first-order valence-corrected chi connectivity index (χ1v) is 10.4. The van der Waals surface area contributed by atoms with Gasteiger partial charge < -0.3 is 5.11 Å². The third-order valence-electron chi connectivity index (χ3n) is 4.58. The molecule has 0 spiro atoms. The lowest BCUT2D eigenvalue weighted by Crippen LogP contribution is -2.17. The average Bonchev–Trinajstić information content (AvgIpc) is 3.11. The van der Waals surface area contributed by atoms with Crippen LogP contribution in [0.3, 0.4) is 0 Å². The number of hydrogen-bond donors (Lipinski definition) is 1. The Morgan fingerprint density at radius 3 is 2.47 bits per heavy atom. The molecule has 0 radical (unpaired) electrons. The summed E-state index contributed by atoms with van der Waals surface area (Å²) in [6, 6.07) is 14.3. The second kappa shape index (κ2) is 8.07. The highest BCUT2D eigenvalue weighted by Gasteiger charge is 2.23. The van der Waals surface area contributed by atoms with Crippen LogP contribution in [0.1, 0.15) is 26.5 Å². The minimum atomic E-state index is -1.15. The highest BCUT2D eigenvalue weighted by molar-refractivity contribution is 7.19. The van der Waals surface area contributed by atoms with Crippen molar-refractivity contribution in [2.24, 2.45) is 0 Å². The molecule has 1 N–H and O–H groups in total. The molecule has 4 aromatic rings. The molecule has 0 atom stereocenters. The summed E-state index contributed by atoms with van der Waals surface area (Å²) in [6.45, 7) is 1.98. The second-order valence-electron chi connectivity index (χ2n) is 6.52. The van der Waals surface area contributed by atoms with Crippen molar-refractivity contribution in [3.63, 3.8) is 0 Å². The van der Waals surface area contributed by atoms with E-state index in [1.807, 2.05) is 37.3 Å². The molecule has 0 aliphatic rings. The fourth-order valence-corrected chi connectivity index (χ4v) is 4.37. The van der Waals surface area contributed by atoms with E-state index in [0.29, 0.717) is 10.6 Å². The zero-order valence-corrected chi connectivity index (χ0v) is 17.9. The van der Waals surface area contributed by atoms with Gasteiger partial charge in [0.1, 0.15) is 9.90 Å². The summed E-state index contributed by atoms with van der Waals surface area (Å²) >= 11 is 13.2. The number of aromatic carboxylic acids is 1. The van der Waals surface area contributed by atoms with Crippen molar-refractivity contribution in [3.05, 3.63) is 90.6 Å². The number of carbonyl (C=O) groups is 1. The van der Waals surface area contributed by atoms with Gasteiger partial charge in [-0.1, -0.05) is 77.0 Å². The fraction of sp³-hybridized carbons (Fsp3) is 0.0455. The normalized spacial score (nSPS) is 11.4. The fourth-order valence-electron chi connectivity index (χ4n) is 3.07. The summed E-state index contributed by atoms with van der Waals surface area (Å²) in [5, 5.41) is 10.1. The zero-order chi connectivity index (χ0) is 21.4. The molecule has 8 heteroatoms. The molecule has 0 unspecified atom stereocenters. The minimum Gasteiger partial charge on any atom is -0.477 e. The summed E-state index contributed by atoms with van der Waals surface area (Å²) in [7, 11) is 0. The standard InChI is InChI=1S/C22H14Cl2N2O3S/c1-12-4-2-3-5-13(12)8-11-16-17(24)20(27)26-18(14-6-9-15(23)10-7-14)19(21(28)29)30-22(26)25-16/h2-11H,1H3,(H,28,29)/b11-8+. The molecule has 0 bridgehead atoms. The number of halogens is 2. The molecule has 0 saturated carbocycles. The molecule has 2 aromatic heterocycles. The summed E-state index contributed by atoms with van der Waals surface area (Å²) in [5.41, 5.74) is 2.55. The summed E-state index contributed by atoms with van der Waals surface area (Å²) in [6.07, 6.45) is 3.49. The number of nitrogens with zero attached hydrogens (tertiary/aromatic N) is 2. The van der Waals surface area contributed by atoms with Crippen molar-refractivity contribution in [3.8, 4) is 11.3 Å². The van der Waals surface area contributed by atoms with Gasteiger partial charge >= 0.3 is 5.97 Å². The van der Waals surface area contributed by atoms with Gasteiger partial charge in [-0.05, 0) is 36.3 Å². The van der Waals surface area contributed by atoms with Gasteiger partial charge in [-0.15, -0.1) is 0 Å². The molecule has 4 rings (SSSR count). The van der Waals surface area contributed by atoms with Crippen LogP contribution in [0, 0.1) is 6.92 Å². The Morgan fingerprint density at radius 2 is 1.80 bits per heavy atom. The van der Waals surface area contributed by atoms with Crippen LogP contribution in [-0.4, -0.2) is 20.5 Å². The summed E-state index contributed by atoms with van der Waals surface area (Å²) in [5.74, 6) is -1.15. The smallest absolute Gasteiger partial charge is 0.348 e. The van der Waals surface area contributed by atoms with Gasteiger partial charge in [0, 0.05) is 10.6 Å². The van der Waals surface area contributed by atoms with Crippen LogP contribution in [0.25, 0.3) is 28.4 Å². The maximum absolute atomic E-state index is 13.1. The molecule has 0 aliphatic heterocycles. The minimum absolute atomic E-state index is 0.00183. The average molecular weight is 457 g/mol. The quantitative estimate of drug-likeness (QED) is 0.414. The maximum atomic E-state index is 13.1. The van der Waals surface area contributed by atoms with E-state index in [0.717, 1.165) is 22.5 Å². The maximum Gasteiger partial charge on any atom is 0.348 e. The van der Waals surface area contributed by atoms with Crippen LogP contribution in [0.2, 0.25) is 10.0 Å². The highest BCUT2D eigenvalue weighted by Crippen LogP contribution is 2.32. The Balaban J connectivity index is 1.93. The Labute approximate surface area is 185 Å². The van der Waals surface area contributed by atoms with E-state index in [9.17, 15) is 14.7 Å². The predicted molar refractivity (Wildman–Crippen MR) is 122 cm³/mol. The lowest BCUT2D eigenvalue weighted by atomic mass is 10.1. The lowest BCUT2D eigenvalue weighted by Gasteiger charge is -2.05. The molecular weight excluding hydrogens is 443 g/mol. The Bertz CT molecular complexity index is 1370. The number of aromatic nitrogens is 2. The van der Waals surface area contributed by atoms with E-state index in [1.54, 1.807) is 30.3 Å². The van der Waals surface area contributed by atoms with Crippen molar-refractivity contribution in [2.45, 2.75) is 6.92 Å². The molecule has 0 saturated heterocycles. The van der Waals surface area contributed by atoms with Crippen LogP contribution in [0.5, 0.6) is 0 Å². The van der Waals surface area contributed by atoms with Gasteiger partial charge in [0.05, 0.1) is 11.4 Å². The van der Waals surface area contributed by atoms with Crippen molar-refractivity contribution < 1.29 is 9.90 Å². The monoisotopic (exact) mass is 456 g/mol. The summed E-state index contributed by atoms with van der Waals surface area (Å²) in [4.78, 5) is 29.6. The first-order chi connectivity index (χ1) is 14.4. The molecule has 0 fully saturated rings. The second-order valence-corrected chi connectivity index (χ2v) is 8.31. The number of benzene rings is 2. The number of carboxylic acid groups (broad SMARTS) is 1. The van der Waals surface area contributed by atoms with E-state index in [1.165, 1.54) is 4.40 Å². The molecule has 2 aromatic carbocycles. The first-order valence-electron chi connectivity index (χ1n) is 8.85. The van der Waals surface area contributed by atoms with E-state index in [4.69, 9.17) is 23.2 Å². The molecular formula is C22H14Cl2N2O3S. The SMILES string of the molecule is Cc1ccccc1/C=C/c1nc2sc(C(=O)O)c(-c3ccc(Cl)cc3)n2c(=O)c1Cl. The van der Waals surface area contributed by atoms with Crippen LogP contribution in [-0.2, 0) is 0 Å². The molecule has 5 nitrogen and oxygen atoms in total. The number of carboxylic acids is 1. The van der Waals surface area contributed by atoms with Crippen LogP contribution in [0.15, 0.2) is 53.3 Å². The summed E-state index contributed by atoms with van der Waals surface area (Å²) < 4.78 is 1.24. The Hall–Kier alpha value is -2.93. The van der Waals surface area contributed by atoms with Gasteiger partial charge in [-0.25, -0.2) is 14.2 Å². The van der Waals surface area contributed by atoms with Gasteiger partial charge in [-0.2, -0.15) is 0 Å². The Morgan fingerprint density at radius 1 is 1.10 bits per heavy atom. The number of hydrogen-bond acceptors (Lipinski definition) is 4. The van der Waals surface area contributed by atoms with Gasteiger partial charge in [0.25, 0.3) is 5.56 Å². The lowest BCUT2D eigenvalue weighted by molar-refractivity contribution is 0.0702. The van der Waals surface area contributed by atoms with Crippen LogP contribution < -0.4 is 5.56 Å². The van der Waals surface area contributed by atoms with Crippen molar-refractivity contribution in [1.82, 2.24) is 9.38 Å². The molecule has 2 heterocycles. The molecule has 30 heavy (non-hydrogen) atoms. The van der Waals surface area contributed by atoms with Gasteiger partial charge in [0.2, 0.25) is 0 Å². The number of rotatable bonds is 4. The number of aryl methyl sites for hydroxylation is 1. The third-order valence-corrected chi connectivity index (χ3v) is 6.21. The van der Waals surface area contributed by atoms with Crippen molar-refractivity contribution >= 4 is 57.6 Å². The number of fused-ring (bicyclic) bond motifs is 1.